The molecule has 0 aliphatic carbocycles. The Bertz CT molecular complexity index is 685. The average Bonchev–Trinajstić information content (AvgIpc) is 2.54. The van der Waals surface area contributed by atoms with E-state index in [1.807, 2.05) is 6.92 Å². The molecule has 5 nitrogen and oxygen atoms in total. The Morgan fingerprint density at radius 1 is 1.17 bits per heavy atom. The van der Waals surface area contributed by atoms with Crippen molar-refractivity contribution >= 4 is 15.7 Å². The van der Waals surface area contributed by atoms with Crippen molar-refractivity contribution in [3.63, 3.8) is 0 Å². The molecule has 6 heteroatoms. The van der Waals surface area contributed by atoms with Gasteiger partial charge in [0.25, 0.3) is 0 Å². The van der Waals surface area contributed by atoms with E-state index >= 15 is 0 Å². The minimum Gasteiger partial charge on any atom is -0.383 e. The lowest BCUT2D eigenvalue weighted by Gasteiger charge is -2.05. The van der Waals surface area contributed by atoms with Crippen LogP contribution in [0.4, 0.5) is 5.82 Å². The monoisotopic (exact) mass is 265 g/mol. The van der Waals surface area contributed by atoms with Gasteiger partial charge in [0.15, 0.2) is 0 Å². The lowest BCUT2D eigenvalue weighted by atomic mass is 10.2. The Kier molecular flexibility index (Phi) is 2.90. The van der Waals surface area contributed by atoms with E-state index in [-0.39, 0.29) is 15.6 Å². The molecule has 0 fully saturated rings. The Hall–Kier alpha value is -1.82. The van der Waals surface area contributed by atoms with Gasteiger partial charge in [0.05, 0.1) is 10.6 Å². The molecule has 0 aliphatic rings. The SMILES string of the molecule is Cc1ccc(S(=O)(=O)c2c(C)nn(C)c2N)cc1. The van der Waals surface area contributed by atoms with Crippen LogP contribution in [-0.2, 0) is 16.9 Å². The number of anilines is 1. The van der Waals surface area contributed by atoms with E-state index in [1.54, 1.807) is 38.2 Å². The van der Waals surface area contributed by atoms with Crippen LogP contribution in [0.2, 0.25) is 0 Å². The highest BCUT2D eigenvalue weighted by molar-refractivity contribution is 7.91. The van der Waals surface area contributed by atoms with Gasteiger partial charge >= 0.3 is 0 Å². The molecule has 2 N–H and O–H groups in total. The van der Waals surface area contributed by atoms with Crippen LogP contribution in [0.5, 0.6) is 0 Å². The first-order valence-electron chi connectivity index (χ1n) is 5.45. The van der Waals surface area contributed by atoms with Crippen molar-refractivity contribution in [2.75, 3.05) is 5.73 Å². The molecule has 0 saturated heterocycles. The van der Waals surface area contributed by atoms with Gasteiger partial charge in [0.2, 0.25) is 9.84 Å². The number of aromatic nitrogens is 2. The minimum absolute atomic E-state index is 0.0915. The van der Waals surface area contributed by atoms with Crippen molar-refractivity contribution in [1.82, 2.24) is 9.78 Å². The molecular formula is C12H15N3O2S. The summed E-state index contributed by atoms with van der Waals surface area (Å²) in [5, 5.41) is 4.03. The molecular weight excluding hydrogens is 250 g/mol. The summed E-state index contributed by atoms with van der Waals surface area (Å²) in [7, 11) is -1.98. The zero-order valence-electron chi connectivity index (χ0n) is 10.5. The summed E-state index contributed by atoms with van der Waals surface area (Å²) in [6, 6.07) is 6.68. The van der Waals surface area contributed by atoms with E-state index in [2.05, 4.69) is 5.10 Å². The summed E-state index contributed by atoms with van der Waals surface area (Å²) < 4.78 is 26.3. The van der Waals surface area contributed by atoms with Gasteiger partial charge in [-0.3, -0.25) is 4.68 Å². The normalized spacial score (nSPS) is 11.7. The van der Waals surface area contributed by atoms with Gasteiger partial charge in [-0.05, 0) is 26.0 Å². The summed E-state index contributed by atoms with van der Waals surface area (Å²) in [5.74, 6) is 0.160. The Morgan fingerprint density at radius 2 is 1.72 bits per heavy atom. The van der Waals surface area contributed by atoms with Crippen LogP contribution < -0.4 is 5.73 Å². The maximum atomic E-state index is 12.5. The van der Waals surface area contributed by atoms with Gasteiger partial charge < -0.3 is 5.73 Å². The number of rotatable bonds is 2. The molecule has 0 unspecified atom stereocenters. The van der Waals surface area contributed by atoms with Crippen molar-refractivity contribution in [2.45, 2.75) is 23.6 Å². The predicted molar refractivity (Wildman–Crippen MR) is 69.0 cm³/mol. The number of sulfone groups is 1. The van der Waals surface area contributed by atoms with Crippen LogP contribution in [0.25, 0.3) is 0 Å². The molecule has 96 valence electrons. The van der Waals surface area contributed by atoms with Gasteiger partial charge in [-0.15, -0.1) is 0 Å². The first-order chi connectivity index (χ1) is 8.34. The van der Waals surface area contributed by atoms with E-state index in [9.17, 15) is 8.42 Å². The Balaban J connectivity index is 2.65. The number of nitrogens with two attached hydrogens (primary N) is 1. The standard InChI is InChI=1S/C12H15N3O2S/c1-8-4-6-10(7-5-8)18(16,17)11-9(2)14-15(3)12(11)13/h4-7H,13H2,1-3H3. The van der Waals surface area contributed by atoms with Gasteiger partial charge in [-0.25, -0.2) is 8.42 Å². The quantitative estimate of drug-likeness (QED) is 0.891. The Labute approximate surface area is 106 Å². The summed E-state index contributed by atoms with van der Waals surface area (Å²) >= 11 is 0. The molecule has 0 aliphatic heterocycles. The van der Waals surface area contributed by atoms with Crippen LogP contribution >= 0.6 is 0 Å². The highest BCUT2D eigenvalue weighted by Gasteiger charge is 2.26. The third-order valence-electron chi connectivity index (χ3n) is 2.81. The summed E-state index contributed by atoms with van der Waals surface area (Å²) in [6.07, 6.45) is 0. The number of benzene rings is 1. The molecule has 0 atom stereocenters. The molecule has 0 spiro atoms. The molecule has 1 aromatic heterocycles. The second-order valence-corrected chi connectivity index (χ2v) is 6.13. The number of aryl methyl sites for hydroxylation is 3. The molecule has 1 heterocycles. The Morgan fingerprint density at radius 3 is 2.17 bits per heavy atom. The number of nitrogens with zero attached hydrogens (tertiary/aromatic N) is 2. The largest absolute Gasteiger partial charge is 0.383 e. The maximum absolute atomic E-state index is 12.5. The number of nitrogen functional groups attached to an aromatic ring is 1. The fourth-order valence-electron chi connectivity index (χ4n) is 1.82. The second kappa shape index (κ2) is 4.13. The third-order valence-corrected chi connectivity index (χ3v) is 4.74. The summed E-state index contributed by atoms with van der Waals surface area (Å²) in [4.78, 5) is 0.324. The van der Waals surface area contributed by atoms with Crippen LogP contribution in [0.1, 0.15) is 11.3 Å². The van der Waals surface area contributed by atoms with Crippen LogP contribution in [0, 0.1) is 13.8 Å². The fraction of sp³-hybridized carbons (Fsp3) is 0.250. The third kappa shape index (κ3) is 1.88. The van der Waals surface area contributed by atoms with Crippen LogP contribution in [0.15, 0.2) is 34.1 Å². The molecule has 18 heavy (non-hydrogen) atoms. The molecule has 2 rings (SSSR count). The van der Waals surface area contributed by atoms with Crippen molar-refractivity contribution < 1.29 is 8.42 Å². The topological polar surface area (TPSA) is 78.0 Å². The summed E-state index contributed by atoms with van der Waals surface area (Å²) in [6.45, 7) is 3.54. The predicted octanol–water partition coefficient (Wildman–Crippen LogP) is 1.45. The van der Waals surface area contributed by atoms with Crippen molar-refractivity contribution in [1.29, 1.82) is 0 Å². The number of hydrogen-bond donors (Lipinski definition) is 1. The molecule has 2 aromatic rings. The van der Waals surface area contributed by atoms with Crippen LogP contribution in [-0.4, -0.2) is 18.2 Å². The van der Waals surface area contributed by atoms with Crippen molar-refractivity contribution in [3.8, 4) is 0 Å². The van der Waals surface area contributed by atoms with E-state index < -0.39 is 9.84 Å². The van der Waals surface area contributed by atoms with Crippen molar-refractivity contribution in [2.24, 2.45) is 7.05 Å². The maximum Gasteiger partial charge on any atom is 0.212 e. The fourth-order valence-corrected chi connectivity index (χ4v) is 3.39. The zero-order valence-corrected chi connectivity index (χ0v) is 11.3. The van der Waals surface area contributed by atoms with E-state index in [1.165, 1.54) is 4.68 Å². The van der Waals surface area contributed by atoms with Gasteiger partial charge in [-0.1, -0.05) is 17.7 Å². The molecule has 1 aromatic carbocycles. The van der Waals surface area contributed by atoms with Crippen LogP contribution in [0.3, 0.4) is 0 Å². The van der Waals surface area contributed by atoms with E-state index in [0.29, 0.717) is 5.69 Å². The highest BCUT2D eigenvalue weighted by atomic mass is 32.2. The van der Waals surface area contributed by atoms with Gasteiger partial charge in [-0.2, -0.15) is 5.10 Å². The first-order valence-corrected chi connectivity index (χ1v) is 6.93. The highest BCUT2D eigenvalue weighted by Crippen LogP contribution is 2.28. The summed E-state index contributed by atoms with van der Waals surface area (Å²) in [5.41, 5.74) is 7.20. The average molecular weight is 265 g/mol. The zero-order chi connectivity index (χ0) is 13.5. The van der Waals surface area contributed by atoms with Gasteiger partial charge in [0, 0.05) is 7.05 Å². The first kappa shape index (κ1) is 12.6. The lowest BCUT2D eigenvalue weighted by Crippen LogP contribution is -2.07. The second-order valence-electron chi connectivity index (χ2n) is 4.24. The van der Waals surface area contributed by atoms with E-state index in [4.69, 9.17) is 5.73 Å². The van der Waals surface area contributed by atoms with E-state index in [0.717, 1.165) is 5.56 Å². The molecule has 0 bridgehead atoms. The smallest absolute Gasteiger partial charge is 0.212 e. The molecule has 0 amide bonds. The minimum atomic E-state index is -3.60. The molecule has 0 radical (unpaired) electrons. The van der Waals surface area contributed by atoms with Crippen molar-refractivity contribution in [3.05, 3.63) is 35.5 Å². The van der Waals surface area contributed by atoms with Gasteiger partial charge in [0.1, 0.15) is 10.7 Å². The lowest BCUT2D eigenvalue weighted by molar-refractivity contribution is 0.596. The molecule has 0 saturated carbocycles. The number of hydrogen-bond acceptors (Lipinski definition) is 4.